The first kappa shape index (κ1) is 14.1. The number of rotatable bonds is 3. The van der Waals surface area contributed by atoms with Crippen molar-refractivity contribution in [2.75, 3.05) is 11.4 Å². The van der Waals surface area contributed by atoms with Crippen molar-refractivity contribution in [1.82, 2.24) is 5.32 Å². The third kappa shape index (κ3) is 2.52. The Kier molecular flexibility index (Phi) is 4.08. The fourth-order valence-corrected chi connectivity index (χ4v) is 2.60. The molecular formula is C15H18N2O3. The second-order valence-corrected chi connectivity index (χ2v) is 4.88. The van der Waals surface area contributed by atoms with Gasteiger partial charge in [-0.1, -0.05) is 24.3 Å². The van der Waals surface area contributed by atoms with E-state index in [9.17, 15) is 14.7 Å². The van der Waals surface area contributed by atoms with E-state index in [0.29, 0.717) is 24.2 Å². The number of hydrogen-bond acceptors (Lipinski definition) is 2. The summed E-state index contributed by atoms with van der Waals surface area (Å²) >= 11 is 0. The van der Waals surface area contributed by atoms with E-state index in [1.807, 2.05) is 13.0 Å². The van der Waals surface area contributed by atoms with Crippen molar-refractivity contribution in [3.05, 3.63) is 42.5 Å². The van der Waals surface area contributed by atoms with E-state index in [1.54, 1.807) is 29.2 Å². The number of fused-ring (bicyclic) bond motifs is 1. The number of urea groups is 1. The highest BCUT2D eigenvalue weighted by Crippen LogP contribution is 2.38. The fraction of sp³-hybridized carbons (Fsp3) is 0.333. The molecule has 2 rings (SSSR count). The van der Waals surface area contributed by atoms with Crippen LogP contribution in [0.2, 0.25) is 0 Å². The van der Waals surface area contributed by atoms with E-state index in [0.717, 1.165) is 0 Å². The number of carboxylic acid groups (broad SMARTS) is 1. The molecule has 1 aromatic rings. The molecule has 1 heterocycles. The van der Waals surface area contributed by atoms with Crippen LogP contribution in [0.3, 0.4) is 0 Å². The number of para-hydroxylation sites is 1. The molecule has 0 spiro atoms. The number of nitrogens with one attached hydrogen (secondary N) is 1. The number of carbonyl (C=O) groups excluding carboxylic acids is 1. The number of carboxylic acids is 1. The molecule has 0 fully saturated rings. The molecule has 0 saturated heterocycles. The normalized spacial score (nSPS) is 20.9. The number of aliphatic carboxylic acids is 1. The smallest absolute Gasteiger partial charge is 0.322 e. The Bertz CT molecular complexity index is 542. The Morgan fingerprint density at radius 3 is 2.85 bits per heavy atom. The molecular weight excluding hydrogens is 256 g/mol. The lowest BCUT2D eigenvalue weighted by Crippen LogP contribution is -2.49. The van der Waals surface area contributed by atoms with Crippen LogP contribution < -0.4 is 10.2 Å². The molecule has 20 heavy (non-hydrogen) atoms. The van der Waals surface area contributed by atoms with E-state index < -0.39 is 11.9 Å². The Balaban J connectivity index is 2.39. The molecule has 2 amide bonds. The standard InChI is InChI=1S/C15H18N2O3/c1-3-8-16-15(20)17-10(2)9-12(14(18)19)11-6-4-5-7-13(11)17/h3-7,10,12H,1,8-9H2,2H3,(H,16,20)(H,18,19). The predicted octanol–water partition coefficient (Wildman–Crippen LogP) is 2.35. The molecule has 2 unspecified atom stereocenters. The monoisotopic (exact) mass is 274 g/mol. The van der Waals surface area contributed by atoms with Gasteiger partial charge < -0.3 is 10.4 Å². The zero-order chi connectivity index (χ0) is 14.7. The van der Waals surface area contributed by atoms with E-state index >= 15 is 0 Å². The van der Waals surface area contributed by atoms with Gasteiger partial charge in [-0.2, -0.15) is 0 Å². The maximum atomic E-state index is 12.2. The van der Waals surface area contributed by atoms with Crippen LogP contribution in [0.1, 0.15) is 24.8 Å². The van der Waals surface area contributed by atoms with Crippen LogP contribution in [-0.4, -0.2) is 29.7 Å². The zero-order valence-electron chi connectivity index (χ0n) is 11.4. The zero-order valence-corrected chi connectivity index (χ0v) is 11.4. The van der Waals surface area contributed by atoms with Gasteiger partial charge in [-0.25, -0.2) is 4.79 Å². The minimum atomic E-state index is -0.851. The third-order valence-electron chi connectivity index (χ3n) is 3.50. The van der Waals surface area contributed by atoms with Crippen molar-refractivity contribution in [3.63, 3.8) is 0 Å². The summed E-state index contributed by atoms with van der Waals surface area (Å²) in [7, 11) is 0. The highest BCUT2D eigenvalue weighted by Gasteiger charge is 2.36. The molecule has 1 aliphatic heterocycles. The van der Waals surface area contributed by atoms with Crippen LogP contribution >= 0.6 is 0 Å². The van der Waals surface area contributed by atoms with E-state index in [-0.39, 0.29) is 12.1 Å². The minimum absolute atomic E-state index is 0.171. The van der Waals surface area contributed by atoms with Crippen LogP contribution in [-0.2, 0) is 4.79 Å². The topological polar surface area (TPSA) is 69.6 Å². The summed E-state index contributed by atoms with van der Waals surface area (Å²) in [5.41, 5.74) is 1.35. The maximum absolute atomic E-state index is 12.2. The number of anilines is 1. The van der Waals surface area contributed by atoms with Gasteiger partial charge in [0.1, 0.15) is 0 Å². The lowest BCUT2D eigenvalue weighted by atomic mass is 9.86. The highest BCUT2D eigenvalue weighted by molar-refractivity contribution is 5.96. The quantitative estimate of drug-likeness (QED) is 0.831. The van der Waals surface area contributed by atoms with Gasteiger partial charge >= 0.3 is 12.0 Å². The molecule has 5 nitrogen and oxygen atoms in total. The molecule has 0 aliphatic carbocycles. The second-order valence-electron chi connectivity index (χ2n) is 4.88. The lowest BCUT2D eigenvalue weighted by Gasteiger charge is -2.37. The summed E-state index contributed by atoms with van der Waals surface area (Å²) in [6.07, 6.45) is 2.02. The minimum Gasteiger partial charge on any atom is -0.481 e. The highest BCUT2D eigenvalue weighted by atomic mass is 16.4. The Morgan fingerprint density at radius 2 is 2.20 bits per heavy atom. The second kappa shape index (κ2) is 5.77. The Hall–Kier alpha value is -2.30. The summed E-state index contributed by atoms with van der Waals surface area (Å²) in [5.74, 6) is -1.42. The number of carbonyl (C=O) groups is 2. The lowest BCUT2D eigenvalue weighted by molar-refractivity contribution is -0.139. The third-order valence-corrected chi connectivity index (χ3v) is 3.50. The molecule has 2 N–H and O–H groups in total. The molecule has 0 aromatic heterocycles. The van der Waals surface area contributed by atoms with Crippen LogP contribution in [0.5, 0.6) is 0 Å². The summed E-state index contributed by atoms with van der Waals surface area (Å²) in [4.78, 5) is 25.2. The maximum Gasteiger partial charge on any atom is 0.322 e. The largest absolute Gasteiger partial charge is 0.481 e. The Labute approximate surface area is 117 Å². The van der Waals surface area contributed by atoms with Crippen molar-refractivity contribution < 1.29 is 14.7 Å². The van der Waals surface area contributed by atoms with Crippen molar-refractivity contribution in [1.29, 1.82) is 0 Å². The van der Waals surface area contributed by atoms with Crippen LogP contribution in [0.4, 0.5) is 10.5 Å². The summed E-state index contributed by atoms with van der Waals surface area (Å²) in [6.45, 7) is 5.81. The number of benzene rings is 1. The molecule has 1 aromatic carbocycles. The summed E-state index contributed by atoms with van der Waals surface area (Å²) < 4.78 is 0. The van der Waals surface area contributed by atoms with Gasteiger partial charge in [0.05, 0.1) is 5.92 Å². The van der Waals surface area contributed by atoms with Crippen molar-refractivity contribution >= 4 is 17.7 Å². The SMILES string of the molecule is C=CCNC(=O)N1c2ccccc2C(C(=O)O)CC1C. The van der Waals surface area contributed by atoms with Gasteiger partial charge in [-0.3, -0.25) is 9.69 Å². The molecule has 106 valence electrons. The van der Waals surface area contributed by atoms with Crippen molar-refractivity contribution in [2.45, 2.75) is 25.3 Å². The van der Waals surface area contributed by atoms with Gasteiger partial charge in [0.2, 0.25) is 0 Å². The van der Waals surface area contributed by atoms with Crippen LogP contribution in [0.25, 0.3) is 0 Å². The van der Waals surface area contributed by atoms with Crippen molar-refractivity contribution in [3.8, 4) is 0 Å². The fourth-order valence-electron chi connectivity index (χ4n) is 2.60. The van der Waals surface area contributed by atoms with Gasteiger partial charge in [0.15, 0.2) is 0 Å². The molecule has 1 aliphatic rings. The average Bonchev–Trinajstić information content (AvgIpc) is 2.43. The van der Waals surface area contributed by atoms with Gasteiger partial charge in [-0.15, -0.1) is 6.58 Å². The van der Waals surface area contributed by atoms with Gasteiger partial charge in [0.25, 0.3) is 0 Å². The Morgan fingerprint density at radius 1 is 1.50 bits per heavy atom. The first-order valence-corrected chi connectivity index (χ1v) is 6.56. The van der Waals surface area contributed by atoms with Gasteiger partial charge in [-0.05, 0) is 25.0 Å². The van der Waals surface area contributed by atoms with Crippen molar-refractivity contribution in [2.24, 2.45) is 0 Å². The molecule has 5 heteroatoms. The predicted molar refractivity (Wildman–Crippen MR) is 77.0 cm³/mol. The van der Waals surface area contributed by atoms with Crippen LogP contribution in [0, 0.1) is 0 Å². The van der Waals surface area contributed by atoms with Crippen LogP contribution in [0.15, 0.2) is 36.9 Å². The first-order valence-electron chi connectivity index (χ1n) is 6.56. The summed E-state index contributed by atoms with van der Waals surface area (Å²) in [6, 6.07) is 6.76. The number of hydrogen-bond donors (Lipinski definition) is 2. The van der Waals surface area contributed by atoms with E-state index in [1.165, 1.54) is 0 Å². The molecule has 0 bridgehead atoms. The molecule has 0 radical (unpaired) electrons. The van der Waals surface area contributed by atoms with E-state index in [4.69, 9.17) is 0 Å². The average molecular weight is 274 g/mol. The molecule has 0 saturated carbocycles. The number of amides is 2. The first-order chi connectivity index (χ1) is 9.56. The summed E-state index contributed by atoms with van der Waals surface area (Å²) in [5, 5.41) is 12.1. The van der Waals surface area contributed by atoms with E-state index in [2.05, 4.69) is 11.9 Å². The molecule has 2 atom stereocenters. The van der Waals surface area contributed by atoms with Gasteiger partial charge in [0, 0.05) is 18.3 Å². The number of nitrogens with zero attached hydrogens (tertiary/aromatic N) is 1.